The van der Waals surface area contributed by atoms with Crippen LogP contribution in [0.2, 0.25) is 0 Å². The SMILES string of the molecule is Cn1c(NC2COCC2n2nc(-n3cccn3)ccc2=O)nc2ccccc21. The number of hydrogen-bond acceptors (Lipinski definition) is 6. The van der Waals surface area contributed by atoms with Gasteiger partial charge in [-0.05, 0) is 24.3 Å². The topological polar surface area (TPSA) is 91.8 Å². The monoisotopic (exact) mass is 377 g/mol. The highest BCUT2D eigenvalue weighted by Crippen LogP contribution is 2.24. The van der Waals surface area contributed by atoms with Gasteiger partial charge >= 0.3 is 0 Å². The number of imidazole rings is 1. The average molecular weight is 377 g/mol. The van der Waals surface area contributed by atoms with Gasteiger partial charge < -0.3 is 14.6 Å². The Labute approximate surface area is 160 Å². The third-order valence-electron chi connectivity index (χ3n) is 5.02. The van der Waals surface area contributed by atoms with Gasteiger partial charge in [-0.1, -0.05) is 12.1 Å². The van der Waals surface area contributed by atoms with E-state index < -0.39 is 0 Å². The Hall–Kier alpha value is -3.46. The maximum absolute atomic E-state index is 12.5. The molecular weight excluding hydrogens is 358 g/mol. The van der Waals surface area contributed by atoms with Crippen LogP contribution in [-0.2, 0) is 11.8 Å². The summed E-state index contributed by atoms with van der Waals surface area (Å²) in [6, 6.07) is 12.6. The second kappa shape index (κ2) is 6.61. The lowest BCUT2D eigenvalue weighted by Gasteiger charge is -2.21. The number of aryl methyl sites for hydroxylation is 1. The summed E-state index contributed by atoms with van der Waals surface area (Å²) in [5, 5.41) is 12.1. The van der Waals surface area contributed by atoms with Crippen LogP contribution in [0.25, 0.3) is 16.9 Å². The van der Waals surface area contributed by atoms with Crippen molar-refractivity contribution in [3.8, 4) is 5.82 Å². The van der Waals surface area contributed by atoms with Crippen molar-refractivity contribution in [2.24, 2.45) is 7.05 Å². The number of para-hydroxylation sites is 2. The van der Waals surface area contributed by atoms with Crippen molar-refractivity contribution >= 4 is 17.0 Å². The predicted molar refractivity (Wildman–Crippen MR) is 104 cm³/mol. The number of hydrogen-bond donors (Lipinski definition) is 1. The molecule has 9 nitrogen and oxygen atoms in total. The highest BCUT2D eigenvalue weighted by Gasteiger charge is 2.32. The first kappa shape index (κ1) is 16.7. The smallest absolute Gasteiger partial charge is 0.267 e. The maximum Gasteiger partial charge on any atom is 0.267 e. The first-order valence-corrected chi connectivity index (χ1v) is 9.06. The number of benzene rings is 1. The third kappa shape index (κ3) is 2.76. The molecule has 1 aromatic carbocycles. The fourth-order valence-electron chi connectivity index (χ4n) is 3.54. The number of anilines is 1. The van der Waals surface area contributed by atoms with Crippen molar-refractivity contribution < 1.29 is 4.74 Å². The number of nitrogens with one attached hydrogen (secondary N) is 1. The van der Waals surface area contributed by atoms with Crippen LogP contribution >= 0.6 is 0 Å². The summed E-state index contributed by atoms with van der Waals surface area (Å²) in [5.74, 6) is 1.32. The van der Waals surface area contributed by atoms with Crippen LogP contribution in [0, 0.1) is 0 Å². The lowest BCUT2D eigenvalue weighted by Crippen LogP contribution is -2.38. The quantitative estimate of drug-likeness (QED) is 0.578. The van der Waals surface area contributed by atoms with Gasteiger partial charge in [0.15, 0.2) is 5.82 Å². The Balaban J connectivity index is 1.48. The van der Waals surface area contributed by atoms with Gasteiger partial charge in [-0.2, -0.15) is 5.10 Å². The van der Waals surface area contributed by atoms with Crippen LogP contribution in [-0.4, -0.2) is 48.4 Å². The van der Waals surface area contributed by atoms with Gasteiger partial charge in [0, 0.05) is 25.5 Å². The molecule has 5 rings (SSSR count). The zero-order valence-corrected chi connectivity index (χ0v) is 15.3. The van der Waals surface area contributed by atoms with E-state index in [1.165, 1.54) is 10.7 Å². The Morgan fingerprint density at radius 1 is 1.14 bits per heavy atom. The Morgan fingerprint density at radius 3 is 2.86 bits per heavy atom. The number of rotatable bonds is 4. The summed E-state index contributed by atoms with van der Waals surface area (Å²) in [6.45, 7) is 0.866. The van der Waals surface area contributed by atoms with E-state index in [-0.39, 0.29) is 17.6 Å². The molecule has 0 amide bonds. The molecule has 9 heteroatoms. The Kier molecular flexibility index (Phi) is 3.94. The summed E-state index contributed by atoms with van der Waals surface area (Å²) >= 11 is 0. The fourth-order valence-corrected chi connectivity index (χ4v) is 3.54. The molecule has 2 atom stereocenters. The molecule has 1 aliphatic heterocycles. The van der Waals surface area contributed by atoms with Gasteiger partial charge in [0.05, 0.1) is 30.3 Å². The van der Waals surface area contributed by atoms with Crippen molar-refractivity contribution in [2.45, 2.75) is 12.1 Å². The number of nitrogens with zero attached hydrogens (tertiary/aromatic N) is 6. The molecule has 1 saturated heterocycles. The average Bonchev–Trinajstić information content (AvgIpc) is 3.45. The van der Waals surface area contributed by atoms with Crippen LogP contribution in [0.15, 0.2) is 59.7 Å². The molecular formula is C19H19N7O2. The summed E-state index contributed by atoms with van der Waals surface area (Å²) < 4.78 is 10.8. The zero-order chi connectivity index (χ0) is 19.1. The van der Waals surface area contributed by atoms with Gasteiger partial charge in [-0.15, -0.1) is 5.10 Å². The minimum Gasteiger partial charge on any atom is -0.377 e. The highest BCUT2D eigenvalue weighted by molar-refractivity contribution is 5.78. The largest absolute Gasteiger partial charge is 0.377 e. The van der Waals surface area contributed by atoms with Crippen molar-refractivity contribution in [3.63, 3.8) is 0 Å². The van der Waals surface area contributed by atoms with E-state index in [0.717, 1.165) is 17.0 Å². The van der Waals surface area contributed by atoms with E-state index in [4.69, 9.17) is 4.74 Å². The van der Waals surface area contributed by atoms with Crippen LogP contribution in [0.1, 0.15) is 6.04 Å². The number of aromatic nitrogens is 6. The highest BCUT2D eigenvalue weighted by atomic mass is 16.5. The third-order valence-corrected chi connectivity index (χ3v) is 5.02. The molecule has 142 valence electrons. The van der Waals surface area contributed by atoms with Crippen LogP contribution in [0.5, 0.6) is 0 Å². The molecule has 1 N–H and O–H groups in total. The first-order chi connectivity index (χ1) is 13.7. The van der Waals surface area contributed by atoms with E-state index in [1.807, 2.05) is 41.9 Å². The first-order valence-electron chi connectivity index (χ1n) is 9.06. The molecule has 28 heavy (non-hydrogen) atoms. The fraction of sp³-hybridized carbons (Fsp3) is 0.263. The molecule has 0 saturated carbocycles. The Morgan fingerprint density at radius 2 is 2.04 bits per heavy atom. The van der Waals surface area contributed by atoms with Gasteiger partial charge in [-0.25, -0.2) is 14.3 Å². The second-order valence-corrected chi connectivity index (χ2v) is 6.76. The molecule has 0 radical (unpaired) electrons. The lowest BCUT2D eigenvalue weighted by atomic mass is 10.2. The van der Waals surface area contributed by atoms with Gasteiger partial charge in [-0.3, -0.25) is 4.79 Å². The zero-order valence-electron chi connectivity index (χ0n) is 15.3. The van der Waals surface area contributed by atoms with E-state index in [9.17, 15) is 4.79 Å². The van der Waals surface area contributed by atoms with Crippen molar-refractivity contribution in [1.82, 2.24) is 29.1 Å². The van der Waals surface area contributed by atoms with Crippen molar-refractivity contribution in [2.75, 3.05) is 18.5 Å². The summed E-state index contributed by atoms with van der Waals surface area (Å²) in [6.07, 6.45) is 3.46. The predicted octanol–water partition coefficient (Wildman–Crippen LogP) is 1.37. The molecule has 1 aliphatic rings. The molecule has 1 fully saturated rings. The lowest BCUT2D eigenvalue weighted by molar-refractivity contribution is 0.182. The van der Waals surface area contributed by atoms with Crippen molar-refractivity contribution in [1.29, 1.82) is 0 Å². The Bertz CT molecular complexity index is 1180. The van der Waals surface area contributed by atoms with E-state index in [1.54, 1.807) is 23.1 Å². The van der Waals surface area contributed by atoms with Gasteiger partial charge in [0.1, 0.15) is 6.04 Å². The molecule has 2 unspecified atom stereocenters. The van der Waals surface area contributed by atoms with Crippen molar-refractivity contribution in [3.05, 3.63) is 65.2 Å². The summed E-state index contributed by atoms with van der Waals surface area (Å²) in [4.78, 5) is 17.2. The number of fused-ring (bicyclic) bond motifs is 1. The van der Waals surface area contributed by atoms with Crippen LogP contribution in [0.3, 0.4) is 0 Å². The van der Waals surface area contributed by atoms with Crippen LogP contribution in [0.4, 0.5) is 5.95 Å². The van der Waals surface area contributed by atoms with E-state index in [2.05, 4.69) is 20.5 Å². The van der Waals surface area contributed by atoms with Gasteiger partial charge in [0.25, 0.3) is 5.56 Å². The standard InChI is InChI=1S/C19H19N7O2/c1-24-15-6-3-2-5-13(15)21-19(24)22-14-11-28-12-16(14)26-18(27)8-7-17(23-26)25-10-4-9-20-25/h2-10,14,16H,11-12H2,1H3,(H,21,22). The molecule has 4 heterocycles. The minimum atomic E-state index is -0.247. The van der Waals surface area contributed by atoms with E-state index in [0.29, 0.717) is 19.0 Å². The van der Waals surface area contributed by atoms with E-state index >= 15 is 0 Å². The minimum absolute atomic E-state index is 0.131. The maximum atomic E-state index is 12.5. The molecule has 3 aromatic heterocycles. The van der Waals surface area contributed by atoms with Gasteiger partial charge in [0.2, 0.25) is 5.95 Å². The molecule has 0 bridgehead atoms. The molecule has 0 spiro atoms. The van der Waals surface area contributed by atoms with Crippen LogP contribution < -0.4 is 10.9 Å². The number of ether oxygens (including phenoxy) is 1. The normalized spacial score (nSPS) is 19.3. The molecule has 0 aliphatic carbocycles. The summed E-state index contributed by atoms with van der Waals surface area (Å²) in [7, 11) is 1.96. The second-order valence-electron chi connectivity index (χ2n) is 6.76. The molecule has 4 aromatic rings. The summed E-state index contributed by atoms with van der Waals surface area (Å²) in [5.41, 5.74) is 1.78.